The number of aliphatic hydroxyl groups is 1. The highest BCUT2D eigenvalue weighted by atomic mass is 19.3. The van der Waals surface area contributed by atoms with Gasteiger partial charge < -0.3 is 9.84 Å². The molecule has 1 fully saturated rings. The maximum atomic E-state index is 11.2. The molecule has 1 aliphatic heterocycles. The number of halogens is 1. The number of hydrogen-bond acceptors (Lipinski definition) is 3. The summed E-state index contributed by atoms with van der Waals surface area (Å²) >= 11 is 0. The number of hydrogen-bond donors (Lipinski definition) is 1. The van der Waals surface area contributed by atoms with E-state index in [9.17, 15) is 4.53 Å². The van der Waals surface area contributed by atoms with Crippen LogP contribution in [0.4, 0.5) is 4.53 Å². The van der Waals surface area contributed by atoms with Crippen molar-refractivity contribution in [1.82, 2.24) is 0 Å². The first-order valence-corrected chi connectivity index (χ1v) is 2.25. The summed E-state index contributed by atoms with van der Waals surface area (Å²) in [7, 11) is 0. The largest absolute Gasteiger partial charge is 0.387 e. The van der Waals surface area contributed by atoms with Crippen molar-refractivity contribution in [3.05, 3.63) is 6.61 Å². The Morgan fingerprint density at radius 1 is 1.88 bits per heavy atom. The Hall–Kier alpha value is -0.190. The van der Waals surface area contributed by atoms with Crippen molar-refractivity contribution in [2.75, 3.05) is 6.61 Å². The average molecular weight is 121 g/mol. The van der Waals surface area contributed by atoms with E-state index in [1.54, 1.807) is 0 Å². The summed E-state index contributed by atoms with van der Waals surface area (Å²) in [6.07, 6.45) is -1.74. The molecule has 3 nitrogen and oxygen atoms in total. The number of aliphatic hydroxyl groups excluding tert-OH is 1. The molecule has 0 bridgehead atoms. The van der Waals surface area contributed by atoms with Gasteiger partial charge in [0.15, 0.2) is 0 Å². The molecule has 4 heteroatoms. The van der Waals surface area contributed by atoms with Gasteiger partial charge in [0.1, 0.15) is 18.8 Å². The lowest BCUT2D eigenvalue weighted by Crippen LogP contribution is -2.22. The molecule has 1 heterocycles. The van der Waals surface area contributed by atoms with Crippen molar-refractivity contribution < 1.29 is 19.3 Å². The molecule has 1 radical (unpaired) electrons. The molecule has 0 aromatic rings. The molecule has 0 saturated carbocycles. The highest BCUT2D eigenvalue weighted by molar-refractivity contribution is 4.81. The van der Waals surface area contributed by atoms with Crippen LogP contribution in [-0.2, 0) is 9.68 Å². The molecular weight excluding hydrogens is 115 g/mol. The van der Waals surface area contributed by atoms with Gasteiger partial charge >= 0.3 is 0 Å². The molecule has 0 amide bonds. The fraction of sp³-hybridized carbons (Fsp3) is 0.750. The monoisotopic (exact) mass is 121 g/mol. The molecule has 8 heavy (non-hydrogen) atoms. The van der Waals surface area contributed by atoms with Gasteiger partial charge in [0.25, 0.3) is 0 Å². The summed E-state index contributed by atoms with van der Waals surface area (Å²) < 4.78 is 15.7. The first kappa shape index (κ1) is 5.94. The Kier molecular flexibility index (Phi) is 1.77. The molecule has 2 atom stereocenters. The van der Waals surface area contributed by atoms with Gasteiger partial charge in [-0.2, -0.15) is 4.94 Å². The average Bonchev–Trinajstić information content (AvgIpc) is 2.14. The standard InChI is InChI=1S/C4H6FO3/c5-8-4-2-7-1-3(4)6/h1,3-4,6H,2H2/t3-,4+/m0/s1. The fourth-order valence-corrected chi connectivity index (χ4v) is 0.514. The molecule has 0 aromatic carbocycles. The van der Waals surface area contributed by atoms with E-state index in [0.29, 0.717) is 0 Å². The van der Waals surface area contributed by atoms with Crippen LogP contribution in [0.15, 0.2) is 0 Å². The lowest BCUT2D eigenvalue weighted by Gasteiger charge is -2.02. The zero-order valence-corrected chi connectivity index (χ0v) is 4.08. The highest BCUT2D eigenvalue weighted by Gasteiger charge is 2.28. The summed E-state index contributed by atoms with van der Waals surface area (Å²) in [6.45, 7) is 1.24. The normalized spacial score (nSPS) is 38.2. The Bertz CT molecular complexity index is 77.7. The molecule has 47 valence electrons. The maximum absolute atomic E-state index is 11.2. The van der Waals surface area contributed by atoms with Gasteiger partial charge in [0.2, 0.25) is 0 Å². The van der Waals surface area contributed by atoms with E-state index in [0.717, 1.165) is 6.61 Å². The van der Waals surface area contributed by atoms with Crippen LogP contribution in [-0.4, -0.2) is 23.9 Å². The maximum Gasteiger partial charge on any atom is 0.150 e. The topological polar surface area (TPSA) is 38.7 Å². The summed E-state index contributed by atoms with van der Waals surface area (Å²) in [5.74, 6) is 0. The van der Waals surface area contributed by atoms with Gasteiger partial charge in [-0.1, -0.05) is 0 Å². The third-order valence-electron chi connectivity index (χ3n) is 0.991. The lowest BCUT2D eigenvalue weighted by atomic mass is 10.3. The van der Waals surface area contributed by atoms with Gasteiger partial charge in [-0.05, 0) is 4.53 Å². The number of ether oxygens (including phenoxy) is 1. The summed E-state index contributed by atoms with van der Waals surface area (Å²) in [5, 5.41) is 8.64. The Balaban J connectivity index is 2.30. The predicted octanol–water partition coefficient (Wildman–Crippen LogP) is -0.191. The van der Waals surface area contributed by atoms with Crippen molar-refractivity contribution in [2.24, 2.45) is 0 Å². The fourth-order valence-electron chi connectivity index (χ4n) is 0.514. The zero-order valence-electron chi connectivity index (χ0n) is 4.08. The molecule has 0 spiro atoms. The van der Waals surface area contributed by atoms with Crippen LogP contribution < -0.4 is 0 Å². The minimum Gasteiger partial charge on any atom is -0.387 e. The van der Waals surface area contributed by atoms with Gasteiger partial charge in [-0.3, -0.25) is 0 Å². The molecule has 0 unspecified atom stereocenters. The SMILES string of the molecule is O[C@H]1[CH]OC[C@H]1OF. The van der Waals surface area contributed by atoms with Crippen LogP contribution in [0.5, 0.6) is 0 Å². The smallest absolute Gasteiger partial charge is 0.150 e. The molecular formula is C4H6FO3. The van der Waals surface area contributed by atoms with Crippen LogP contribution in [0, 0.1) is 6.61 Å². The van der Waals surface area contributed by atoms with E-state index in [-0.39, 0.29) is 6.61 Å². The van der Waals surface area contributed by atoms with Crippen LogP contribution in [0.25, 0.3) is 0 Å². The minimum absolute atomic E-state index is 0.0949. The molecule has 0 aromatic heterocycles. The quantitative estimate of drug-likeness (QED) is 0.522. The van der Waals surface area contributed by atoms with E-state index in [1.165, 1.54) is 0 Å². The van der Waals surface area contributed by atoms with Gasteiger partial charge in [0, 0.05) is 0 Å². The molecule has 1 rings (SSSR count). The highest BCUT2D eigenvalue weighted by Crippen LogP contribution is 2.12. The predicted molar refractivity (Wildman–Crippen MR) is 22.2 cm³/mol. The summed E-state index contributed by atoms with van der Waals surface area (Å²) in [4.78, 5) is 3.32. The summed E-state index contributed by atoms with van der Waals surface area (Å²) in [5.41, 5.74) is 0. The molecule has 1 saturated heterocycles. The molecule has 1 N–H and O–H groups in total. The second-order valence-electron chi connectivity index (χ2n) is 1.59. The van der Waals surface area contributed by atoms with E-state index < -0.39 is 12.2 Å². The van der Waals surface area contributed by atoms with Crippen LogP contribution in [0.2, 0.25) is 0 Å². The van der Waals surface area contributed by atoms with Crippen LogP contribution >= 0.6 is 0 Å². The lowest BCUT2D eigenvalue weighted by molar-refractivity contribution is -0.196. The third kappa shape index (κ3) is 0.964. The second-order valence-corrected chi connectivity index (χ2v) is 1.59. The van der Waals surface area contributed by atoms with E-state index in [1.807, 2.05) is 0 Å². The number of rotatable bonds is 1. The van der Waals surface area contributed by atoms with Crippen molar-refractivity contribution in [3.63, 3.8) is 0 Å². The van der Waals surface area contributed by atoms with E-state index in [4.69, 9.17) is 5.11 Å². The Morgan fingerprint density at radius 2 is 2.62 bits per heavy atom. The molecule has 1 aliphatic rings. The van der Waals surface area contributed by atoms with Crippen LogP contribution in [0.1, 0.15) is 0 Å². The Labute approximate surface area is 45.9 Å². The first-order chi connectivity index (χ1) is 3.84. The van der Waals surface area contributed by atoms with E-state index >= 15 is 0 Å². The Morgan fingerprint density at radius 3 is 2.88 bits per heavy atom. The van der Waals surface area contributed by atoms with Crippen molar-refractivity contribution in [1.29, 1.82) is 0 Å². The van der Waals surface area contributed by atoms with Gasteiger partial charge in [-0.25, -0.2) is 0 Å². The van der Waals surface area contributed by atoms with Gasteiger partial charge in [-0.15, -0.1) is 0 Å². The van der Waals surface area contributed by atoms with Crippen molar-refractivity contribution >= 4 is 0 Å². The first-order valence-electron chi connectivity index (χ1n) is 2.25. The molecule has 0 aliphatic carbocycles. The van der Waals surface area contributed by atoms with Crippen molar-refractivity contribution in [2.45, 2.75) is 12.2 Å². The zero-order chi connectivity index (χ0) is 5.98. The van der Waals surface area contributed by atoms with Crippen LogP contribution in [0.3, 0.4) is 0 Å². The third-order valence-corrected chi connectivity index (χ3v) is 0.991. The van der Waals surface area contributed by atoms with Crippen molar-refractivity contribution in [3.8, 4) is 0 Å². The van der Waals surface area contributed by atoms with Gasteiger partial charge in [0.05, 0.1) is 6.61 Å². The summed E-state index contributed by atoms with van der Waals surface area (Å²) in [6, 6.07) is 0. The second kappa shape index (κ2) is 2.39. The van der Waals surface area contributed by atoms with E-state index in [2.05, 4.69) is 9.68 Å². The minimum atomic E-state index is -0.917.